The van der Waals surface area contributed by atoms with E-state index in [0.29, 0.717) is 6.08 Å². The third-order valence-corrected chi connectivity index (χ3v) is 3.04. The van der Waals surface area contributed by atoms with Crippen LogP contribution in [-0.4, -0.2) is 22.4 Å². The van der Waals surface area contributed by atoms with Crippen molar-refractivity contribution >= 4 is 23.2 Å². The third kappa shape index (κ3) is 1.93. The lowest BCUT2D eigenvalue weighted by Gasteiger charge is -2.37. The molecule has 2 unspecified atom stereocenters. The van der Waals surface area contributed by atoms with E-state index in [9.17, 15) is 26.3 Å². The molecule has 8 heteroatoms. The first kappa shape index (κ1) is 13.7. The second-order valence-corrected chi connectivity index (χ2v) is 4.45. The minimum Gasteiger partial charge on any atom is -0.239 e. The maximum atomic E-state index is 13.8. The van der Waals surface area contributed by atoms with Crippen molar-refractivity contribution < 1.29 is 26.3 Å². The minimum absolute atomic E-state index is 0.0283. The van der Waals surface area contributed by atoms with Crippen LogP contribution in [0.15, 0.2) is 24.1 Å². The van der Waals surface area contributed by atoms with Gasteiger partial charge in [0.25, 0.3) is 4.33 Å². The number of hydrogen-bond acceptors (Lipinski definition) is 0. The van der Waals surface area contributed by atoms with Gasteiger partial charge in [0.1, 0.15) is 5.83 Å². The van der Waals surface area contributed by atoms with E-state index in [0.717, 1.165) is 0 Å². The lowest BCUT2D eigenvalue weighted by molar-refractivity contribution is -0.170. The summed E-state index contributed by atoms with van der Waals surface area (Å²) in [7, 11) is 0. The molecule has 0 fully saturated rings. The molecular formula is C8H4Cl2F6. The van der Waals surface area contributed by atoms with Crippen molar-refractivity contribution in [2.75, 3.05) is 0 Å². The van der Waals surface area contributed by atoms with Crippen molar-refractivity contribution in [3.8, 4) is 0 Å². The molecule has 0 aromatic carbocycles. The molecule has 0 aromatic heterocycles. The van der Waals surface area contributed by atoms with Crippen LogP contribution < -0.4 is 0 Å². The molecule has 0 aliphatic heterocycles. The van der Waals surface area contributed by atoms with Crippen LogP contribution in [0.5, 0.6) is 0 Å². The van der Waals surface area contributed by atoms with Crippen LogP contribution >= 0.6 is 23.2 Å². The number of alkyl halides is 7. The molecule has 0 N–H and O–H groups in total. The average molecular weight is 285 g/mol. The summed E-state index contributed by atoms with van der Waals surface area (Å²) >= 11 is 9.59. The summed E-state index contributed by atoms with van der Waals surface area (Å²) < 4.78 is 72.3. The monoisotopic (exact) mass is 284 g/mol. The maximum absolute atomic E-state index is 13.8. The third-order valence-electron chi connectivity index (χ3n) is 2.03. The van der Waals surface area contributed by atoms with Gasteiger partial charge in [0, 0.05) is 0 Å². The molecule has 0 saturated heterocycles. The first-order valence-corrected chi connectivity index (χ1v) is 4.62. The summed E-state index contributed by atoms with van der Waals surface area (Å²) in [5.41, 5.74) is -3.76. The predicted molar refractivity (Wildman–Crippen MR) is 47.6 cm³/mol. The normalized spacial score (nSPS) is 31.5. The van der Waals surface area contributed by atoms with Crippen molar-refractivity contribution in [1.29, 1.82) is 0 Å². The van der Waals surface area contributed by atoms with Crippen LogP contribution in [0, 0.1) is 0 Å². The van der Waals surface area contributed by atoms with Crippen LogP contribution in [0.25, 0.3) is 0 Å². The Kier molecular flexibility index (Phi) is 3.29. The van der Waals surface area contributed by atoms with Crippen LogP contribution in [-0.2, 0) is 0 Å². The fourth-order valence-corrected chi connectivity index (χ4v) is 1.44. The van der Waals surface area contributed by atoms with E-state index < -0.39 is 28.2 Å². The number of allylic oxidation sites excluding steroid dienone is 4. The van der Waals surface area contributed by atoms with Crippen molar-refractivity contribution in [1.82, 2.24) is 0 Å². The van der Waals surface area contributed by atoms with Crippen molar-refractivity contribution in [3.05, 3.63) is 24.1 Å². The van der Waals surface area contributed by atoms with Gasteiger partial charge in [-0.3, -0.25) is 0 Å². The van der Waals surface area contributed by atoms with Crippen LogP contribution in [0.1, 0.15) is 0 Å². The summed E-state index contributed by atoms with van der Waals surface area (Å²) in [5.74, 6) is -1.20. The highest BCUT2D eigenvalue weighted by molar-refractivity contribution is 6.50. The van der Waals surface area contributed by atoms with E-state index >= 15 is 0 Å². The Labute approximate surface area is 96.5 Å². The highest BCUT2D eigenvalue weighted by Gasteiger charge is 2.69. The highest BCUT2D eigenvalue weighted by atomic mass is 35.5. The van der Waals surface area contributed by atoms with E-state index in [2.05, 4.69) is 0 Å². The molecule has 1 aliphatic carbocycles. The Morgan fingerprint density at radius 1 is 1.25 bits per heavy atom. The summed E-state index contributed by atoms with van der Waals surface area (Å²) in [6.45, 7) is 0. The van der Waals surface area contributed by atoms with Crippen LogP contribution in [0.3, 0.4) is 0 Å². The predicted octanol–water partition coefficient (Wildman–Crippen LogP) is 4.19. The van der Waals surface area contributed by atoms with E-state index in [1.165, 1.54) is 0 Å². The van der Waals surface area contributed by atoms with Gasteiger partial charge in [-0.1, -0.05) is 23.2 Å². The van der Waals surface area contributed by atoms with Crippen molar-refractivity contribution in [2.24, 2.45) is 0 Å². The molecule has 0 radical (unpaired) electrons. The van der Waals surface area contributed by atoms with E-state index in [-0.39, 0.29) is 12.2 Å². The van der Waals surface area contributed by atoms with E-state index in [1.54, 1.807) is 0 Å². The fourth-order valence-electron chi connectivity index (χ4n) is 1.10. The van der Waals surface area contributed by atoms with Gasteiger partial charge in [-0.2, -0.15) is 13.2 Å². The molecule has 0 spiro atoms. The summed E-state index contributed by atoms with van der Waals surface area (Å²) in [4.78, 5) is 0. The summed E-state index contributed by atoms with van der Waals surface area (Å²) in [6, 6.07) is 0. The maximum Gasteiger partial charge on any atom is 0.425 e. The zero-order chi connectivity index (χ0) is 12.8. The molecule has 0 bridgehead atoms. The molecular weight excluding hydrogens is 281 g/mol. The SMILES string of the molecule is FC1=CC(F)C(F)(C(Cl)(Cl)C(F)(F)F)C=C1. The van der Waals surface area contributed by atoms with Crippen molar-refractivity contribution in [3.63, 3.8) is 0 Å². The standard InChI is InChI=1S/C8H4Cl2F6/c9-7(10,8(14,15)16)6(13)2-1-4(11)3-5(6)12/h1-3,5H. The van der Waals surface area contributed by atoms with Crippen LogP contribution in [0.4, 0.5) is 26.3 Å². The Bertz CT molecular complexity index is 345. The molecule has 1 aliphatic rings. The molecule has 0 heterocycles. The average Bonchev–Trinajstić information content (AvgIpc) is 2.10. The number of halogens is 8. The van der Waals surface area contributed by atoms with Crippen molar-refractivity contribution in [2.45, 2.75) is 22.4 Å². The minimum atomic E-state index is -5.40. The van der Waals surface area contributed by atoms with Gasteiger partial charge in [0.15, 0.2) is 6.17 Å². The Balaban J connectivity index is 3.18. The molecule has 0 amide bonds. The van der Waals surface area contributed by atoms with Gasteiger partial charge in [-0.05, 0) is 18.2 Å². The van der Waals surface area contributed by atoms with E-state index in [1.807, 2.05) is 0 Å². The zero-order valence-electron chi connectivity index (χ0n) is 7.33. The highest BCUT2D eigenvalue weighted by Crippen LogP contribution is 2.53. The molecule has 1 rings (SSSR count). The summed E-state index contributed by atoms with van der Waals surface area (Å²) in [5, 5.41) is 0. The zero-order valence-corrected chi connectivity index (χ0v) is 8.84. The topological polar surface area (TPSA) is 0 Å². The largest absolute Gasteiger partial charge is 0.425 e. The van der Waals surface area contributed by atoms with Gasteiger partial charge in [-0.25, -0.2) is 13.2 Å². The molecule has 16 heavy (non-hydrogen) atoms. The molecule has 0 saturated carbocycles. The molecule has 92 valence electrons. The second kappa shape index (κ2) is 3.84. The number of rotatable bonds is 1. The second-order valence-electron chi connectivity index (χ2n) is 3.13. The first-order chi connectivity index (χ1) is 7.02. The van der Waals surface area contributed by atoms with Gasteiger partial charge >= 0.3 is 6.18 Å². The fraction of sp³-hybridized carbons (Fsp3) is 0.500. The Morgan fingerprint density at radius 3 is 2.12 bits per heavy atom. The first-order valence-electron chi connectivity index (χ1n) is 3.86. The lowest BCUT2D eigenvalue weighted by atomic mass is 9.90. The lowest BCUT2D eigenvalue weighted by Crippen LogP contribution is -2.56. The Morgan fingerprint density at radius 2 is 1.75 bits per heavy atom. The molecule has 0 nitrogen and oxygen atoms in total. The molecule has 2 atom stereocenters. The Hall–Kier alpha value is -0.360. The van der Waals surface area contributed by atoms with Crippen LogP contribution in [0.2, 0.25) is 0 Å². The number of hydrogen-bond donors (Lipinski definition) is 0. The summed E-state index contributed by atoms with van der Waals surface area (Å²) in [6.07, 6.45) is -7.93. The van der Waals surface area contributed by atoms with Gasteiger partial charge in [0.05, 0.1) is 0 Å². The smallest absolute Gasteiger partial charge is 0.239 e. The van der Waals surface area contributed by atoms with Gasteiger partial charge in [-0.15, -0.1) is 0 Å². The quantitative estimate of drug-likeness (QED) is 0.500. The van der Waals surface area contributed by atoms with Gasteiger partial charge in [0.2, 0.25) is 5.67 Å². The molecule has 0 aromatic rings. The van der Waals surface area contributed by atoms with E-state index in [4.69, 9.17) is 23.2 Å². The van der Waals surface area contributed by atoms with Gasteiger partial charge < -0.3 is 0 Å².